The number of aliphatic imine (C=N–C) groups is 1. The van der Waals surface area contributed by atoms with Crippen LogP contribution in [0.5, 0.6) is 0 Å². The van der Waals surface area contributed by atoms with Gasteiger partial charge in [-0.2, -0.15) is 0 Å². The van der Waals surface area contributed by atoms with Gasteiger partial charge in [0.25, 0.3) is 0 Å². The fourth-order valence-corrected chi connectivity index (χ4v) is 4.01. The van der Waals surface area contributed by atoms with Crippen molar-refractivity contribution in [2.75, 3.05) is 20.1 Å². The van der Waals surface area contributed by atoms with E-state index in [1.165, 1.54) is 5.56 Å². The summed E-state index contributed by atoms with van der Waals surface area (Å²) in [5.41, 5.74) is 6.74. The van der Waals surface area contributed by atoms with Gasteiger partial charge < -0.3 is 20.5 Å². The molecule has 1 aromatic heterocycles. The van der Waals surface area contributed by atoms with Gasteiger partial charge in [-0.3, -0.25) is 9.79 Å². The second-order valence-electron chi connectivity index (χ2n) is 7.65. The number of aryl methyl sites for hydroxylation is 2. The van der Waals surface area contributed by atoms with E-state index >= 15 is 0 Å². The van der Waals surface area contributed by atoms with Crippen LogP contribution in [0.25, 0.3) is 0 Å². The summed E-state index contributed by atoms with van der Waals surface area (Å²) < 4.78 is 2.20. The van der Waals surface area contributed by atoms with Gasteiger partial charge in [0, 0.05) is 45.5 Å². The maximum Gasteiger partial charge on any atom is 0.217 e. The molecule has 1 aromatic carbocycles. The van der Waals surface area contributed by atoms with Crippen LogP contribution in [0.2, 0.25) is 0 Å². The molecule has 7 nitrogen and oxygen atoms in total. The van der Waals surface area contributed by atoms with Crippen molar-refractivity contribution in [3.05, 3.63) is 54.1 Å². The van der Waals surface area contributed by atoms with E-state index < -0.39 is 0 Å². The quantitative estimate of drug-likeness (QED) is 0.529. The first-order chi connectivity index (χ1) is 14.2. The molecule has 1 aliphatic heterocycles. The van der Waals surface area contributed by atoms with Gasteiger partial charge in [-0.05, 0) is 37.2 Å². The molecule has 1 saturated heterocycles. The first kappa shape index (κ1) is 20.9. The molecule has 7 heteroatoms. The molecule has 0 bridgehead atoms. The molecule has 3 rings (SSSR count). The second kappa shape index (κ2) is 10.6. The Balaban J connectivity index is 1.50. The van der Waals surface area contributed by atoms with Crippen molar-refractivity contribution in [3.8, 4) is 0 Å². The molecular weight excluding hydrogens is 364 g/mol. The lowest BCUT2D eigenvalue weighted by atomic mass is 9.95. The van der Waals surface area contributed by atoms with Gasteiger partial charge in [0.15, 0.2) is 5.96 Å². The molecule has 0 radical (unpaired) electrons. The highest BCUT2D eigenvalue weighted by molar-refractivity contribution is 5.80. The summed E-state index contributed by atoms with van der Waals surface area (Å²) >= 11 is 0. The highest BCUT2D eigenvalue weighted by atomic mass is 16.1. The third kappa shape index (κ3) is 6.34. The highest BCUT2D eigenvalue weighted by Crippen LogP contribution is 2.19. The van der Waals surface area contributed by atoms with Gasteiger partial charge >= 0.3 is 0 Å². The summed E-state index contributed by atoms with van der Waals surface area (Å²) in [4.78, 5) is 22.4. The number of guanidine groups is 1. The number of imidazole rings is 1. The number of nitrogens with one attached hydrogen (secondary N) is 1. The van der Waals surface area contributed by atoms with Crippen LogP contribution in [0.3, 0.4) is 0 Å². The molecule has 0 aliphatic carbocycles. The maximum absolute atomic E-state index is 11.3. The zero-order chi connectivity index (χ0) is 20.5. The first-order valence-electron chi connectivity index (χ1n) is 10.4. The standard InChI is InChI=1S/C22H32N6O/c1-24-22(28-13-6-10-19(17-28)15-20(23)29)26-16-21-25-11-14-27(21)12-5-9-18-7-3-2-4-8-18/h2-4,7-8,11,14,19H,5-6,9-10,12-13,15-17H2,1H3,(H2,23,29)(H,24,26). The number of rotatable bonds is 8. The molecule has 156 valence electrons. The summed E-state index contributed by atoms with van der Waals surface area (Å²) in [5.74, 6) is 1.94. The van der Waals surface area contributed by atoms with Crippen molar-refractivity contribution in [2.45, 2.75) is 45.2 Å². The van der Waals surface area contributed by atoms with E-state index in [1.807, 2.05) is 12.4 Å². The number of carbonyl (C=O) groups is 1. The van der Waals surface area contributed by atoms with E-state index in [2.05, 4.69) is 55.1 Å². The van der Waals surface area contributed by atoms with Crippen LogP contribution in [-0.2, 0) is 24.3 Å². The smallest absolute Gasteiger partial charge is 0.217 e. The Hall–Kier alpha value is -2.83. The highest BCUT2D eigenvalue weighted by Gasteiger charge is 2.23. The largest absolute Gasteiger partial charge is 0.370 e. The molecule has 1 fully saturated rings. The number of likely N-dealkylation sites (tertiary alicyclic amines) is 1. The second-order valence-corrected chi connectivity index (χ2v) is 7.65. The SMILES string of the molecule is CN=C(NCc1nccn1CCCc1ccccc1)N1CCCC(CC(N)=O)C1. The molecule has 2 heterocycles. The van der Waals surface area contributed by atoms with Crippen molar-refractivity contribution >= 4 is 11.9 Å². The lowest BCUT2D eigenvalue weighted by molar-refractivity contribution is -0.119. The van der Waals surface area contributed by atoms with E-state index in [0.29, 0.717) is 18.9 Å². The fourth-order valence-electron chi connectivity index (χ4n) is 4.01. The Labute approximate surface area is 173 Å². The third-order valence-electron chi connectivity index (χ3n) is 5.43. The average molecular weight is 397 g/mol. The number of aromatic nitrogens is 2. The predicted molar refractivity (Wildman–Crippen MR) is 115 cm³/mol. The normalized spacial score (nSPS) is 17.3. The van der Waals surface area contributed by atoms with Gasteiger partial charge in [-0.15, -0.1) is 0 Å². The lowest BCUT2D eigenvalue weighted by Gasteiger charge is -2.34. The fraction of sp³-hybridized carbons (Fsp3) is 0.500. The van der Waals surface area contributed by atoms with Crippen molar-refractivity contribution in [1.29, 1.82) is 0 Å². The van der Waals surface area contributed by atoms with E-state index in [0.717, 1.165) is 57.1 Å². The van der Waals surface area contributed by atoms with Gasteiger partial charge in [0.2, 0.25) is 5.91 Å². The Kier molecular flexibility index (Phi) is 7.67. The maximum atomic E-state index is 11.3. The van der Waals surface area contributed by atoms with Crippen LogP contribution < -0.4 is 11.1 Å². The van der Waals surface area contributed by atoms with Crippen LogP contribution in [0.15, 0.2) is 47.7 Å². The van der Waals surface area contributed by atoms with E-state index in [9.17, 15) is 4.79 Å². The summed E-state index contributed by atoms with van der Waals surface area (Å²) in [7, 11) is 1.80. The molecule has 3 N–H and O–H groups in total. The summed E-state index contributed by atoms with van der Waals surface area (Å²) in [5, 5.41) is 3.44. The molecule has 29 heavy (non-hydrogen) atoms. The minimum Gasteiger partial charge on any atom is -0.370 e. The van der Waals surface area contributed by atoms with Crippen molar-refractivity contribution < 1.29 is 4.79 Å². The van der Waals surface area contributed by atoms with Crippen LogP contribution in [-0.4, -0.2) is 46.5 Å². The lowest BCUT2D eigenvalue weighted by Crippen LogP contribution is -2.47. The molecule has 0 saturated carbocycles. The Morgan fingerprint density at radius 1 is 1.34 bits per heavy atom. The number of benzene rings is 1. The zero-order valence-corrected chi connectivity index (χ0v) is 17.3. The zero-order valence-electron chi connectivity index (χ0n) is 17.3. The number of hydrogen-bond donors (Lipinski definition) is 2. The Morgan fingerprint density at radius 2 is 2.17 bits per heavy atom. The van der Waals surface area contributed by atoms with Crippen molar-refractivity contribution in [3.63, 3.8) is 0 Å². The van der Waals surface area contributed by atoms with E-state index in [-0.39, 0.29) is 5.91 Å². The predicted octanol–water partition coefficient (Wildman–Crippen LogP) is 2.18. The molecule has 1 atom stereocenters. The summed E-state index contributed by atoms with van der Waals surface area (Å²) in [6.45, 7) is 3.32. The number of carbonyl (C=O) groups excluding carboxylic acids is 1. The number of nitrogens with two attached hydrogens (primary N) is 1. The van der Waals surface area contributed by atoms with Crippen molar-refractivity contribution in [2.24, 2.45) is 16.6 Å². The molecule has 1 amide bonds. The van der Waals surface area contributed by atoms with Crippen molar-refractivity contribution in [1.82, 2.24) is 19.8 Å². The van der Waals surface area contributed by atoms with E-state index in [4.69, 9.17) is 5.73 Å². The van der Waals surface area contributed by atoms with Crippen LogP contribution in [0, 0.1) is 5.92 Å². The molecular formula is C22H32N6O. The van der Waals surface area contributed by atoms with Gasteiger partial charge in [-0.1, -0.05) is 30.3 Å². The molecule has 1 aliphatic rings. The molecule has 2 aromatic rings. The number of piperidine rings is 1. The van der Waals surface area contributed by atoms with Gasteiger partial charge in [-0.25, -0.2) is 4.98 Å². The monoisotopic (exact) mass is 396 g/mol. The number of hydrogen-bond acceptors (Lipinski definition) is 3. The first-order valence-corrected chi connectivity index (χ1v) is 10.4. The molecule has 1 unspecified atom stereocenters. The van der Waals surface area contributed by atoms with Crippen LogP contribution >= 0.6 is 0 Å². The summed E-state index contributed by atoms with van der Waals surface area (Å²) in [6, 6.07) is 10.6. The number of nitrogens with zero attached hydrogens (tertiary/aromatic N) is 4. The van der Waals surface area contributed by atoms with Crippen LogP contribution in [0.4, 0.5) is 0 Å². The summed E-state index contributed by atoms with van der Waals surface area (Å²) in [6.07, 6.45) is 8.56. The average Bonchev–Trinajstić information content (AvgIpc) is 3.16. The Bertz CT molecular complexity index is 801. The minimum atomic E-state index is -0.225. The number of amides is 1. The topological polar surface area (TPSA) is 88.5 Å². The minimum absolute atomic E-state index is 0.225. The van der Waals surface area contributed by atoms with Crippen LogP contribution in [0.1, 0.15) is 37.1 Å². The molecule has 0 spiro atoms. The third-order valence-corrected chi connectivity index (χ3v) is 5.43. The van der Waals surface area contributed by atoms with E-state index in [1.54, 1.807) is 7.05 Å². The van der Waals surface area contributed by atoms with Gasteiger partial charge in [0.05, 0.1) is 6.54 Å². The number of primary amides is 1. The Morgan fingerprint density at radius 3 is 2.93 bits per heavy atom. The van der Waals surface area contributed by atoms with Gasteiger partial charge in [0.1, 0.15) is 5.82 Å².